The van der Waals surface area contributed by atoms with Crippen molar-refractivity contribution in [2.75, 3.05) is 0 Å². The summed E-state index contributed by atoms with van der Waals surface area (Å²) < 4.78 is 0. The third-order valence-electron chi connectivity index (χ3n) is 2.16. The zero-order valence-corrected chi connectivity index (χ0v) is 7.03. The second kappa shape index (κ2) is 3.40. The standard InChI is InChI=1S/C12H12/c1-3-7-11(8-4-1)12-9-5-2-6-10-12/h1-5,7-9H,6,10H2. The topological polar surface area (TPSA) is 0 Å². The maximum atomic E-state index is 2.21. The molecule has 1 aliphatic rings. The van der Waals surface area contributed by atoms with E-state index in [0.29, 0.717) is 0 Å². The van der Waals surface area contributed by atoms with Gasteiger partial charge in [-0.15, -0.1) is 0 Å². The van der Waals surface area contributed by atoms with Crippen LogP contribution in [0.15, 0.2) is 48.6 Å². The van der Waals surface area contributed by atoms with Crippen LogP contribution in [0.3, 0.4) is 0 Å². The molecule has 0 aromatic heterocycles. The summed E-state index contributed by atoms with van der Waals surface area (Å²) in [6.45, 7) is 0. The summed E-state index contributed by atoms with van der Waals surface area (Å²) in [5.41, 5.74) is 2.82. The molecule has 1 aromatic rings. The first-order chi connectivity index (χ1) is 5.97. The van der Waals surface area contributed by atoms with Crippen molar-refractivity contribution in [2.24, 2.45) is 0 Å². The van der Waals surface area contributed by atoms with Gasteiger partial charge in [-0.05, 0) is 24.0 Å². The predicted molar refractivity (Wildman–Crippen MR) is 52.8 cm³/mol. The molecule has 0 saturated carbocycles. The minimum Gasteiger partial charge on any atom is -0.0842 e. The van der Waals surface area contributed by atoms with E-state index in [9.17, 15) is 0 Å². The van der Waals surface area contributed by atoms with Crippen LogP contribution in [0, 0.1) is 0 Å². The van der Waals surface area contributed by atoms with E-state index in [1.165, 1.54) is 24.0 Å². The molecule has 0 aliphatic heterocycles. The highest BCUT2D eigenvalue weighted by atomic mass is 14.1. The minimum absolute atomic E-state index is 1.18. The minimum atomic E-state index is 1.18. The largest absolute Gasteiger partial charge is 0.0842 e. The third kappa shape index (κ3) is 1.48. The average molecular weight is 156 g/mol. The van der Waals surface area contributed by atoms with Crippen molar-refractivity contribution in [1.82, 2.24) is 0 Å². The normalized spacial score (nSPS) is 15.8. The van der Waals surface area contributed by atoms with Gasteiger partial charge in [0.05, 0.1) is 0 Å². The zero-order valence-electron chi connectivity index (χ0n) is 7.03. The summed E-state index contributed by atoms with van der Waals surface area (Å²) in [6.07, 6.45) is 8.93. The Bertz CT molecular complexity index is 304. The van der Waals surface area contributed by atoms with Gasteiger partial charge < -0.3 is 0 Å². The summed E-state index contributed by atoms with van der Waals surface area (Å²) in [7, 11) is 0. The van der Waals surface area contributed by atoms with Gasteiger partial charge in [0.25, 0.3) is 0 Å². The van der Waals surface area contributed by atoms with Crippen LogP contribution in [0.4, 0.5) is 0 Å². The lowest BCUT2D eigenvalue weighted by Crippen LogP contribution is -1.86. The van der Waals surface area contributed by atoms with E-state index in [0.717, 1.165) is 0 Å². The van der Waals surface area contributed by atoms with E-state index >= 15 is 0 Å². The number of hydrogen-bond donors (Lipinski definition) is 0. The first-order valence-corrected chi connectivity index (χ1v) is 4.38. The van der Waals surface area contributed by atoms with E-state index in [2.05, 4.69) is 48.6 Å². The van der Waals surface area contributed by atoms with Gasteiger partial charge in [-0.1, -0.05) is 48.6 Å². The molecule has 0 radical (unpaired) electrons. The van der Waals surface area contributed by atoms with Crippen LogP contribution >= 0.6 is 0 Å². The molecule has 2 rings (SSSR count). The Morgan fingerprint density at radius 2 is 1.83 bits per heavy atom. The van der Waals surface area contributed by atoms with Crippen molar-refractivity contribution < 1.29 is 0 Å². The molecule has 0 amide bonds. The predicted octanol–water partition coefficient (Wildman–Crippen LogP) is 3.42. The first kappa shape index (κ1) is 7.35. The fourth-order valence-corrected chi connectivity index (χ4v) is 1.50. The third-order valence-corrected chi connectivity index (χ3v) is 2.16. The number of allylic oxidation sites excluding steroid dienone is 4. The molecule has 12 heavy (non-hydrogen) atoms. The van der Waals surface area contributed by atoms with E-state index in [1.807, 2.05) is 0 Å². The van der Waals surface area contributed by atoms with Gasteiger partial charge in [-0.3, -0.25) is 0 Å². The monoisotopic (exact) mass is 156 g/mol. The van der Waals surface area contributed by atoms with Crippen LogP contribution in [0.5, 0.6) is 0 Å². The molecule has 0 fully saturated rings. The lowest BCUT2D eigenvalue weighted by Gasteiger charge is -2.08. The lowest BCUT2D eigenvalue weighted by atomic mass is 9.98. The van der Waals surface area contributed by atoms with E-state index < -0.39 is 0 Å². The van der Waals surface area contributed by atoms with Gasteiger partial charge in [0, 0.05) is 0 Å². The van der Waals surface area contributed by atoms with Gasteiger partial charge in [-0.25, -0.2) is 0 Å². The summed E-state index contributed by atoms with van der Waals surface area (Å²) >= 11 is 0. The molecule has 1 aromatic carbocycles. The van der Waals surface area contributed by atoms with Gasteiger partial charge in [0.1, 0.15) is 0 Å². The Morgan fingerprint density at radius 3 is 2.50 bits per heavy atom. The zero-order chi connectivity index (χ0) is 8.23. The first-order valence-electron chi connectivity index (χ1n) is 4.38. The van der Waals surface area contributed by atoms with Crippen LogP contribution in [0.2, 0.25) is 0 Å². The average Bonchev–Trinajstić information content (AvgIpc) is 2.21. The highest BCUT2D eigenvalue weighted by Gasteiger charge is 2.00. The van der Waals surface area contributed by atoms with Crippen molar-refractivity contribution in [1.29, 1.82) is 0 Å². The molecule has 0 unspecified atom stereocenters. The molecule has 0 atom stereocenters. The van der Waals surface area contributed by atoms with Crippen molar-refractivity contribution in [3.05, 3.63) is 54.1 Å². The maximum absolute atomic E-state index is 2.21. The number of rotatable bonds is 1. The molecule has 0 nitrogen and oxygen atoms in total. The van der Waals surface area contributed by atoms with E-state index in [1.54, 1.807) is 0 Å². The fraction of sp³-hybridized carbons (Fsp3) is 0.167. The molecule has 0 bridgehead atoms. The molecule has 0 N–H and O–H groups in total. The van der Waals surface area contributed by atoms with Crippen LogP contribution in [-0.4, -0.2) is 0 Å². The van der Waals surface area contributed by atoms with Crippen LogP contribution in [-0.2, 0) is 0 Å². The summed E-state index contributed by atoms with van der Waals surface area (Å²) in [6, 6.07) is 10.6. The van der Waals surface area contributed by atoms with E-state index in [-0.39, 0.29) is 0 Å². The molecule has 0 spiro atoms. The fourth-order valence-electron chi connectivity index (χ4n) is 1.50. The molecular weight excluding hydrogens is 144 g/mol. The van der Waals surface area contributed by atoms with Gasteiger partial charge in [0.2, 0.25) is 0 Å². The quantitative estimate of drug-likeness (QED) is 0.584. The Labute approximate surface area is 73.2 Å². The Morgan fingerprint density at radius 1 is 1.00 bits per heavy atom. The molecular formula is C12H12. The maximum Gasteiger partial charge on any atom is -0.0224 e. The summed E-state index contributed by atoms with van der Waals surface area (Å²) in [4.78, 5) is 0. The van der Waals surface area contributed by atoms with Crippen LogP contribution < -0.4 is 0 Å². The van der Waals surface area contributed by atoms with Crippen LogP contribution in [0.25, 0.3) is 5.57 Å². The number of hydrogen-bond acceptors (Lipinski definition) is 0. The van der Waals surface area contributed by atoms with Gasteiger partial charge in [-0.2, -0.15) is 0 Å². The molecule has 0 saturated heterocycles. The Kier molecular flexibility index (Phi) is 2.08. The van der Waals surface area contributed by atoms with Gasteiger partial charge in [0.15, 0.2) is 0 Å². The summed E-state index contributed by atoms with van der Waals surface area (Å²) in [5, 5.41) is 0. The molecule has 1 aliphatic carbocycles. The van der Waals surface area contributed by atoms with E-state index in [4.69, 9.17) is 0 Å². The SMILES string of the molecule is C1=CCCC(c2ccccc2)=C1. The summed E-state index contributed by atoms with van der Waals surface area (Å²) in [5.74, 6) is 0. The Balaban J connectivity index is 2.31. The lowest BCUT2D eigenvalue weighted by molar-refractivity contribution is 1.05. The highest BCUT2D eigenvalue weighted by Crippen LogP contribution is 2.22. The van der Waals surface area contributed by atoms with Gasteiger partial charge >= 0.3 is 0 Å². The van der Waals surface area contributed by atoms with Crippen LogP contribution in [0.1, 0.15) is 18.4 Å². The van der Waals surface area contributed by atoms with Crippen molar-refractivity contribution in [3.63, 3.8) is 0 Å². The smallest absolute Gasteiger partial charge is 0.0224 e. The second-order valence-corrected chi connectivity index (χ2v) is 3.02. The molecule has 60 valence electrons. The highest BCUT2D eigenvalue weighted by molar-refractivity contribution is 5.67. The number of benzene rings is 1. The van der Waals surface area contributed by atoms with Crippen molar-refractivity contribution in [2.45, 2.75) is 12.8 Å². The van der Waals surface area contributed by atoms with Crippen molar-refractivity contribution in [3.8, 4) is 0 Å². The molecule has 0 heterocycles. The Hall–Kier alpha value is -1.30. The van der Waals surface area contributed by atoms with Crippen molar-refractivity contribution >= 4 is 5.57 Å². The second-order valence-electron chi connectivity index (χ2n) is 3.02. The molecule has 0 heteroatoms.